The van der Waals surface area contributed by atoms with Gasteiger partial charge in [0.15, 0.2) is 0 Å². The van der Waals surface area contributed by atoms with E-state index in [4.69, 9.17) is 4.98 Å². The minimum absolute atomic E-state index is 0.0999. The number of aromatic nitrogens is 1. The van der Waals surface area contributed by atoms with Crippen LogP contribution in [0.4, 0.5) is 0 Å². The lowest BCUT2D eigenvalue weighted by atomic mass is 10.1. The van der Waals surface area contributed by atoms with Gasteiger partial charge in [-0.15, -0.1) is 11.3 Å². The Bertz CT molecular complexity index is 913. The van der Waals surface area contributed by atoms with E-state index in [0.717, 1.165) is 38.2 Å². The summed E-state index contributed by atoms with van der Waals surface area (Å²) in [7, 11) is 0. The number of carbonyl (C=O) groups is 1. The molecule has 6 heteroatoms. The quantitative estimate of drug-likeness (QED) is 0.698. The lowest BCUT2D eigenvalue weighted by Gasteiger charge is -2.33. The molecule has 2 aromatic carbocycles. The lowest BCUT2D eigenvalue weighted by molar-refractivity contribution is -0.122. The van der Waals surface area contributed by atoms with E-state index < -0.39 is 0 Å². The molecule has 0 bridgehead atoms. The topological polar surface area (TPSA) is 48.5 Å². The number of hydrogen-bond donors (Lipinski definition) is 1. The molecule has 1 amide bonds. The molecule has 0 radical (unpaired) electrons. The highest BCUT2D eigenvalue weighted by molar-refractivity contribution is 7.18. The first-order chi connectivity index (χ1) is 13.7. The third kappa shape index (κ3) is 4.76. The van der Waals surface area contributed by atoms with Crippen LogP contribution >= 0.6 is 11.3 Å². The number of nitrogens with zero attached hydrogens (tertiary/aromatic N) is 3. The van der Waals surface area contributed by atoms with Crippen LogP contribution in [0.3, 0.4) is 0 Å². The number of piperazine rings is 1. The van der Waals surface area contributed by atoms with Gasteiger partial charge in [-0.25, -0.2) is 4.98 Å². The van der Waals surface area contributed by atoms with Crippen LogP contribution in [0.25, 0.3) is 10.2 Å². The number of thiazole rings is 1. The molecular weight excluding hydrogens is 368 g/mol. The van der Waals surface area contributed by atoms with Gasteiger partial charge < -0.3 is 5.32 Å². The van der Waals surface area contributed by atoms with Gasteiger partial charge in [-0.3, -0.25) is 14.6 Å². The molecule has 1 aliphatic heterocycles. The zero-order valence-corrected chi connectivity index (χ0v) is 17.0. The Balaban J connectivity index is 1.21. The Morgan fingerprint density at radius 3 is 2.54 bits per heavy atom. The molecular formula is C22H26N4OS. The van der Waals surface area contributed by atoms with Crippen molar-refractivity contribution in [2.45, 2.75) is 20.0 Å². The molecule has 1 fully saturated rings. The van der Waals surface area contributed by atoms with E-state index in [1.807, 2.05) is 18.2 Å². The third-order valence-corrected chi connectivity index (χ3v) is 6.29. The fraction of sp³-hybridized carbons (Fsp3) is 0.364. The molecule has 0 aliphatic carbocycles. The van der Waals surface area contributed by atoms with Crippen LogP contribution in [0.2, 0.25) is 0 Å². The first kappa shape index (κ1) is 19.1. The van der Waals surface area contributed by atoms with Crippen molar-refractivity contribution >= 4 is 27.5 Å². The van der Waals surface area contributed by atoms with Crippen molar-refractivity contribution in [3.63, 3.8) is 0 Å². The summed E-state index contributed by atoms with van der Waals surface area (Å²) >= 11 is 1.78. The second-order valence-corrected chi connectivity index (χ2v) is 8.45. The average molecular weight is 395 g/mol. The molecule has 146 valence electrons. The highest BCUT2D eigenvalue weighted by Gasteiger charge is 2.20. The molecule has 3 aromatic rings. The number of carbonyl (C=O) groups excluding carboxylic acids is 1. The minimum atomic E-state index is 0.0999. The number of amides is 1. The molecule has 0 saturated carbocycles. The van der Waals surface area contributed by atoms with Crippen molar-refractivity contribution in [1.29, 1.82) is 0 Å². The number of fused-ring (bicyclic) bond motifs is 1. The molecule has 1 aliphatic rings. The van der Waals surface area contributed by atoms with Gasteiger partial charge in [-0.2, -0.15) is 0 Å². The number of para-hydroxylation sites is 1. The summed E-state index contributed by atoms with van der Waals surface area (Å²) in [5, 5.41) is 4.22. The maximum absolute atomic E-state index is 12.3. The summed E-state index contributed by atoms with van der Waals surface area (Å²) in [6.07, 6.45) is 0. The van der Waals surface area contributed by atoms with E-state index in [-0.39, 0.29) is 5.91 Å². The second kappa shape index (κ2) is 8.82. The molecule has 2 heterocycles. The van der Waals surface area contributed by atoms with Crippen molar-refractivity contribution < 1.29 is 4.79 Å². The maximum Gasteiger partial charge on any atom is 0.234 e. The van der Waals surface area contributed by atoms with Crippen molar-refractivity contribution in [1.82, 2.24) is 20.1 Å². The van der Waals surface area contributed by atoms with E-state index in [9.17, 15) is 4.79 Å². The lowest BCUT2D eigenvalue weighted by Crippen LogP contribution is -2.49. The summed E-state index contributed by atoms with van der Waals surface area (Å²) in [5.74, 6) is 0.0999. The predicted octanol–water partition coefficient (Wildman–Crippen LogP) is 3.04. The summed E-state index contributed by atoms with van der Waals surface area (Å²) in [5.41, 5.74) is 3.48. The normalized spacial score (nSPS) is 15.8. The highest BCUT2D eigenvalue weighted by atomic mass is 32.1. The van der Waals surface area contributed by atoms with E-state index in [2.05, 4.69) is 52.4 Å². The molecule has 0 unspecified atom stereocenters. The maximum atomic E-state index is 12.3. The number of hydrogen-bond acceptors (Lipinski definition) is 5. The number of benzene rings is 2. The first-order valence-corrected chi connectivity index (χ1v) is 10.6. The largest absolute Gasteiger partial charge is 0.351 e. The Morgan fingerprint density at radius 1 is 1.04 bits per heavy atom. The Morgan fingerprint density at radius 2 is 1.75 bits per heavy atom. The SMILES string of the molecule is Cc1ccccc1CNC(=O)CN1CCN(Cc2nc3ccccc3s2)CC1. The standard InChI is InChI=1S/C22H26N4OS/c1-17-6-2-3-7-18(17)14-23-21(27)15-25-10-12-26(13-11-25)16-22-24-19-8-4-5-9-20(19)28-22/h2-9H,10-16H2,1H3,(H,23,27). The molecule has 5 nitrogen and oxygen atoms in total. The van der Waals surface area contributed by atoms with E-state index in [0.29, 0.717) is 13.1 Å². The van der Waals surface area contributed by atoms with Gasteiger partial charge >= 0.3 is 0 Å². The zero-order valence-electron chi connectivity index (χ0n) is 16.2. The van der Waals surface area contributed by atoms with Gasteiger partial charge in [0.25, 0.3) is 0 Å². The number of aryl methyl sites for hydroxylation is 1. The average Bonchev–Trinajstić information content (AvgIpc) is 3.11. The van der Waals surface area contributed by atoms with Crippen molar-refractivity contribution in [3.8, 4) is 0 Å². The summed E-state index contributed by atoms with van der Waals surface area (Å²) in [4.78, 5) is 21.7. The molecule has 1 aromatic heterocycles. The Kier molecular flexibility index (Phi) is 6.00. The van der Waals surface area contributed by atoms with Crippen LogP contribution in [-0.4, -0.2) is 53.4 Å². The Labute approximate surface area is 170 Å². The minimum Gasteiger partial charge on any atom is -0.351 e. The van der Waals surface area contributed by atoms with E-state index in [1.165, 1.54) is 20.8 Å². The molecule has 4 rings (SSSR count). The predicted molar refractivity (Wildman–Crippen MR) is 114 cm³/mol. The van der Waals surface area contributed by atoms with Gasteiger partial charge in [-0.1, -0.05) is 36.4 Å². The van der Waals surface area contributed by atoms with Gasteiger partial charge in [0, 0.05) is 32.7 Å². The van der Waals surface area contributed by atoms with E-state index >= 15 is 0 Å². The van der Waals surface area contributed by atoms with Gasteiger partial charge in [0.2, 0.25) is 5.91 Å². The van der Waals surface area contributed by atoms with Crippen LogP contribution in [0.5, 0.6) is 0 Å². The molecule has 1 saturated heterocycles. The fourth-order valence-corrected chi connectivity index (χ4v) is 4.56. The van der Waals surface area contributed by atoms with Crippen LogP contribution in [0.15, 0.2) is 48.5 Å². The Hall–Kier alpha value is -2.28. The van der Waals surface area contributed by atoms with Gasteiger partial charge in [-0.05, 0) is 30.2 Å². The van der Waals surface area contributed by atoms with Crippen LogP contribution in [0, 0.1) is 6.92 Å². The zero-order chi connectivity index (χ0) is 19.3. The molecule has 0 spiro atoms. The number of nitrogens with one attached hydrogen (secondary N) is 1. The highest BCUT2D eigenvalue weighted by Crippen LogP contribution is 2.23. The van der Waals surface area contributed by atoms with Gasteiger partial charge in [0.1, 0.15) is 5.01 Å². The second-order valence-electron chi connectivity index (χ2n) is 7.33. The van der Waals surface area contributed by atoms with Gasteiger partial charge in [0.05, 0.1) is 23.3 Å². The van der Waals surface area contributed by atoms with Crippen LogP contribution in [-0.2, 0) is 17.9 Å². The first-order valence-electron chi connectivity index (χ1n) is 9.78. The van der Waals surface area contributed by atoms with E-state index in [1.54, 1.807) is 11.3 Å². The summed E-state index contributed by atoms with van der Waals surface area (Å²) in [6, 6.07) is 16.5. The van der Waals surface area contributed by atoms with Crippen molar-refractivity contribution in [3.05, 3.63) is 64.7 Å². The summed E-state index contributed by atoms with van der Waals surface area (Å²) in [6.45, 7) is 7.83. The third-order valence-electron chi connectivity index (χ3n) is 5.27. The summed E-state index contributed by atoms with van der Waals surface area (Å²) < 4.78 is 1.25. The monoisotopic (exact) mass is 394 g/mol. The molecule has 28 heavy (non-hydrogen) atoms. The molecule has 0 atom stereocenters. The smallest absolute Gasteiger partial charge is 0.234 e. The van der Waals surface area contributed by atoms with Crippen molar-refractivity contribution in [2.75, 3.05) is 32.7 Å². The number of rotatable bonds is 6. The molecule has 1 N–H and O–H groups in total. The van der Waals surface area contributed by atoms with Crippen molar-refractivity contribution in [2.24, 2.45) is 0 Å². The van der Waals surface area contributed by atoms with Crippen LogP contribution in [0.1, 0.15) is 16.1 Å². The van der Waals surface area contributed by atoms with Crippen LogP contribution < -0.4 is 5.32 Å². The fourth-order valence-electron chi connectivity index (χ4n) is 3.55.